The maximum absolute atomic E-state index is 12.5. The van der Waals surface area contributed by atoms with Crippen molar-refractivity contribution in [3.63, 3.8) is 0 Å². The summed E-state index contributed by atoms with van der Waals surface area (Å²) < 4.78 is 42.7. The molecule has 2 N–H and O–H groups in total. The molecule has 3 rings (SSSR count). The minimum absolute atomic E-state index is 0.00135. The summed E-state index contributed by atoms with van der Waals surface area (Å²) in [6, 6.07) is 3.49. The number of aromatic nitrogens is 3. The lowest BCUT2D eigenvalue weighted by Crippen LogP contribution is -2.17. The molecule has 0 atom stereocenters. The van der Waals surface area contributed by atoms with Gasteiger partial charge in [-0.1, -0.05) is 11.3 Å². The number of hydrogen-bond acceptors (Lipinski definition) is 8. The van der Waals surface area contributed by atoms with Gasteiger partial charge in [-0.05, 0) is 19.1 Å². The molecule has 0 saturated carbocycles. The average molecular weight is 401 g/mol. The molecule has 0 fully saturated rings. The van der Waals surface area contributed by atoms with E-state index in [0.717, 1.165) is 5.38 Å². The number of halogens is 3. The van der Waals surface area contributed by atoms with Gasteiger partial charge < -0.3 is 10.1 Å². The van der Waals surface area contributed by atoms with E-state index >= 15 is 0 Å². The van der Waals surface area contributed by atoms with E-state index in [2.05, 4.69) is 25.6 Å². The lowest BCUT2D eigenvalue weighted by atomic mass is 10.4. The Morgan fingerprint density at radius 3 is 2.77 bits per heavy atom. The van der Waals surface area contributed by atoms with Crippen LogP contribution in [-0.2, 0) is 6.18 Å². The summed E-state index contributed by atoms with van der Waals surface area (Å²) in [5.41, 5.74) is -0.419. The Hall–Kier alpha value is -2.73. The van der Waals surface area contributed by atoms with Crippen molar-refractivity contribution in [2.45, 2.75) is 13.1 Å². The summed E-state index contributed by atoms with van der Waals surface area (Å²) in [6.45, 7) is 1.72. The van der Waals surface area contributed by atoms with Gasteiger partial charge in [-0.2, -0.15) is 13.2 Å². The molecule has 0 bridgehead atoms. The molecular formula is C14H10F3N5O2S2. The van der Waals surface area contributed by atoms with Crippen LogP contribution in [0.25, 0.3) is 0 Å². The Labute approximate surface area is 152 Å². The topological polar surface area (TPSA) is 89.0 Å². The zero-order valence-electron chi connectivity index (χ0n) is 13.0. The van der Waals surface area contributed by atoms with Crippen LogP contribution in [0, 0.1) is 6.92 Å². The summed E-state index contributed by atoms with van der Waals surface area (Å²) in [4.78, 5) is 23.3. The van der Waals surface area contributed by atoms with Gasteiger partial charge in [0.15, 0.2) is 15.8 Å². The highest BCUT2D eigenvalue weighted by atomic mass is 32.1. The summed E-state index contributed by atoms with van der Waals surface area (Å²) >= 11 is 1.89. The fourth-order valence-electron chi connectivity index (χ4n) is 1.79. The molecule has 0 aliphatic heterocycles. The Morgan fingerprint density at radius 1 is 1.31 bits per heavy atom. The number of amides is 1. The van der Waals surface area contributed by atoms with E-state index in [1.54, 1.807) is 31.5 Å². The maximum atomic E-state index is 12.5. The van der Waals surface area contributed by atoms with Crippen LogP contribution in [0.2, 0.25) is 0 Å². The van der Waals surface area contributed by atoms with Gasteiger partial charge in [0.1, 0.15) is 0 Å². The van der Waals surface area contributed by atoms with E-state index < -0.39 is 18.0 Å². The van der Waals surface area contributed by atoms with E-state index in [-0.39, 0.29) is 11.0 Å². The third kappa shape index (κ3) is 4.46. The number of rotatable bonds is 4. The lowest BCUT2D eigenvalue weighted by Gasteiger charge is -2.06. The molecule has 1 amide bonds. The minimum Gasteiger partial charge on any atom is -0.388 e. The first-order valence-electron chi connectivity index (χ1n) is 6.97. The molecule has 0 unspecified atom stereocenters. The molecule has 3 heterocycles. The van der Waals surface area contributed by atoms with E-state index in [4.69, 9.17) is 4.74 Å². The first-order valence-corrected chi connectivity index (χ1v) is 8.67. The van der Waals surface area contributed by atoms with Crippen LogP contribution >= 0.6 is 22.7 Å². The molecular weight excluding hydrogens is 391 g/mol. The summed E-state index contributed by atoms with van der Waals surface area (Å²) in [5, 5.41) is 6.84. The van der Waals surface area contributed by atoms with Crippen LogP contribution in [0.5, 0.6) is 5.88 Å². The molecule has 0 saturated heterocycles. The predicted octanol–water partition coefficient (Wildman–Crippen LogP) is 4.68. The monoisotopic (exact) mass is 401 g/mol. The Bertz CT molecular complexity index is 911. The second kappa shape index (κ2) is 7.25. The fourth-order valence-corrected chi connectivity index (χ4v) is 3.26. The molecule has 0 radical (unpaired) electrons. The van der Waals surface area contributed by atoms with E-state index in [9.17, 15) is 18.0 Å². The molecule has 26 heavy (non-hydrogen) atoms. The number of thiazole rings is 2. The van der Waals surface area contributed by atoms with Crippen LogP contribution in [0.1, 0.15) is 10.7 Å². The first-order chi connectivity index (χ1) is 12.3. The van der Waals surface area contributed by atoms with Crippen LogP contribution in [0.15, 0.2) is 29.9 Å². The van der Waals surface area contributed by atoms with Crippen LogP contribution < -0.4 is 15.4 Å². The van der Waals surface area contributed by atoms with Crippen molar-refractivity contribution in [1.82, 2.24) is 15.0 Å². The van der Waals surface area contributed by atoms with Crippen molar-refractivity contribution >= 4 is 44.6 Å². The molecule has 0 spiro atoms. The highest BCUT2D eigenvalue weighted by Gasteiger charge is 2.34. The number of nitrogens with one attached hydrogen (secondary N) is 2. The third-order valence-electron chi connectivity index (χ3n) is 2.82. The van der Waals surface area contributed by atoms with Gasteiger partial charge in [0.25, 0.3) is 5.88 Å². The van der Waals surface area contributed by atoms with Gasteiger partial charge >= 0.3 is 12.3 Å². The van der Waals surface area contributed by atoms with E-state index in [1.807, 2.05) is 0 Å². The van der Waals surface area contributed by atoms with Gasteiger partial charge in [-0.3, -0.25) is 10.3 Å². The van der Waals surface area contributed by atoms with E-state index in [1.165, 1.54) is 11.3 Å². The Balaban J connectivity index is 1.69. The highest BCUT2D eigenvalue weighted by molar-refractivity contribution is 7.16. The first kappa shape index (κ1) is 18.1. The molecule has 136 valence electrons. The minimum atomic E-state index is -4.58. The highest BCUT2D eigenvalue weighted by Crippen LogP contribution is 2.34. The van der Waals surface area contributed by atoms with Crippen molar-refractivity contribution in [1.29, 1.82) is 0 Å². The van der Waals surface area contributed by atoms with Crippen LogP contribution in [-0.4, -0.2) is 21.0 Å². The van der Waals surface area contributed by atoms with Gasteiger partial charge in [0.05, 0.1) is 16.9 Å². The number of carbonyl (C=O) groups excluding carboxylic acids is 1. The quantitative estimate of drug-likeness (QED) is 0.660. The number of nitrogens with zero attached hydrogens (tertiary/aromatic N) is 3. The average Bonchev–Trinajstić information content (AvgIpc) is 3.15. The van der Waals surface area contributed by atoms with Gasteiger partial charge in [0, 0.05) is 11.6 Å². The van der Waals surface area contributed by atoms with E-state index in [0.29, 0.717) is 27.0 Å². The molecule has 12 heteroatoms. The second-order valence-corrected chi connectivity index (χ2v) is 6.85. The van der Waals surface area contributed by atoms with Crippen molar-refractivity contribution in [2.24, 2.45) is 0 Å². The number of carbonyl (C=O) groups is 1. The predicted molar refractivity (Wildman–Crippen MR) is 91.1 cm³/mol. The molecule has 3 aromatic rings. The normalized spacial score (nSPS) is 11.2. The summed E-state index contributed by atoms with van der Waals surface area (Å²) in [5.74, 6) is 0.00135. The SMILES string of the molecule is Cc1nc(OC(=O)Nc2nc(C(F)(F)F)cs2)c(Nc2cccnc2)s1. The lowest BCUT2D eigenvalue weighted by molar-refractivity contribution is -0.140. The third-order valence-corrected chi connectivity index (χ3v) is 4.44. The number of pyridine rings is 1. The molecule has 3 aromatic heterocycles. The summed E-state index contributed by atoms with van der Waals surface area (Å²) in [6.07, 6.45) is -2.38. The van der Waals surface area contributed by atoms with Crippen molar-refractivity contribution in [2.75, 3.05) is 10.6 Å². The van der Waals surface area contributed by atoms with Crippen molar-refractivity contribution < 1.29 is 22.7 Å². The van der Waals surface area contributed by atoms with Gasteiger partial charge in [0.2, 0.25) is 0 Å². The number of ether oxygens (including phenoxy) is 1. The van der Waals surface area contributed by atoms with Crippen molar-refractivity contribution in [3.05, 3.63) is 40.6 Å². The molecule has 0 aliphatic carbocycles. The number of aryl methyl sites for hydroxylation is 1. The molecule has 0 aliphatic rings. The smallest absolute Gasteiger partial charge is 0.388 e. The van der Waals surface area contributed by atoms with Crippen LogP contribution in [0.3, 0.4) is 0 Å². The molecule has 7 nitrogen and oxygen atoms in total. The summed E-state index contributed by atoms with van der Waals surface area (Å²) in [7, 11) is 0. The van der Waals surface area contributed by atoms with Gasteiger partial charge in [-0.25, -0.2) is 14.8 Å². The van der Waals surface area contributed by atoms with Crippen LogP contribution in [0.4, 0.5) is 33.8 Å². The second-order valence-electron chi connectivity index (χ2n) is 4.78. The zero-order chi connectivity index (χ0) is 18.7. The Morgan fingerprint density at radius 2 is 2.12 bits per heavy atom. The fraction of sp³-hybridized carbons (Fsp3) is 0.143. The van der Waals surface area contributed by atoms with Crippen molar-refractivity contribution in [3.8, 4) is 5.88 Å². The molecule has 0 aromatic carbocycles. The number of anilines is 3. The standard InChI is InChI=1S/C14H10F3N5O2S2/c1-7-19-10(11(26-7)20-8-3-2-4-18-5-8)24-13(23)22-12-21-9(6-25-12)14(15,16)17/h2-6,20H,1H3,(H,21,22,23). The number of alkyl halides is 3. The number of hydrogen-bond donors (Lipinski definition) is 2. The Kier molecular flexibility index (Phi) is 5.04. The zero-order valence-corrected chi connectivity index (χ0v) is 14.6. The largest absolute Gasteiger partial charge is 0.434 e. The van der Waals surface area contributed by atoms with Gasteiger partial charge in [-0.15, -0.1) is 11.3 Å². The maximum Gasteiger partial charge on any atom is 0.434 e.